The summed E-state index contributed by atoms with van der Waals surface area (Å²) in [6, 6.07) is 10.4. The lowest BCUT2D eigenvalue weighted by Gasteiger charge is -2.22. The van der Waals surface area contributed by atoms with E-state index in [4.69, 9.17) is 9.47 Å². The molecule has 0 saturated heterocycles. The fourth-order valence-electron chi connectivity index (χ4n) is 3.92. The Morgan fingerprint density at radius 1 is 0.969 bits per heavy atom. The molecule has 3 aromatic rings. The molecule has 0 bridgehead atoms. The molecule has 1 N–H and O–H groups in total. The number of benzene rings is 2. The van der Waals surface area contributed by atoms with E-state index in [0.717, 1.165) is 19.3 Å². The highest BCUT2D eigenvalue weighted by Crippen LogP contribution is 2.33. The van der Waals surface area contributed by atoms with Crippen molar-refractivity contribution in [1.29, 1.82) is 0 Å². The van der Waals surface area contributed by atoms with Gasteiger partial charge in [-0.05, 0) is 30.5 Å². The Labute approximate surface area is 187 Å². The summed E-state index contributed by atoms with van der Waals surface area (Å²) in [6.45, 7) is 4.32. The van der Waals surface area contributed by atoms with Crippen molar-refractivity contribution in [3.63, 3.8) is 0 Å². The van der Waals surface area contributed by atoms with Crippen LogP contribution in [0, 0.1) is 11.8 Å². The largest absolute Gasteiger partial charge is 0.469 e. The standard InChI is InChI=1S/C25H30N2O5/c1-5-15(2)9-6-12-18(25(30)32-4)23(28)16-10-7-13-19-21(16)26-20-14-8-11-17(22(20)27-19)24(29)31-3/h7-8,10-11,13-15,18,23,28H,5-6,9,12H2,1-4H3. The molecule has 1 aromatic heterocycles. The number of esters is 2. The third kappa shape index (κ3) is 4.88. The van der Waals surface area contributed by atoms with Gasteiger partial charge in [0.2, 0.25) is 0 Å². The van der Waals surface area contributed by atoms with Gasteiger partial charge in [0.1, 0.15) is 5.52 Å². The van der Waals surface area contributed by atoms with Gasteiger partial charge in [-0.15, -0.1) is 0 Å². The van der Waals surface area contributed by atoms with E-state index >= 15 is 0 Å². The zero-order valence-corrected chi connectivity index (χ0v) is 19.0. The summed E-state index contributed by atoms with van der Waals surface area (Å²) in [5.74, 6) is -1.08. The maximum absolute atomic E-state index is 12.5. The van der Waals surface area contributed by atoms with Crippen molar-refractivity contribution in [1.82, 2.24) is 9.97 Å². The van der Waals surface area contributed by atoms with Crippen LogP contribution in [0.4, 0.5) is 0 Å². The molecule has 3 atom stereocenters. The third-order valence-electron chi connectivity index (χ3n) is 6.04. The van der Waals surface area contributed by atoms with Crippen molar-refractivity contribution in [3.05, 3.63) is 47.5 Å². The van der Waals surface area contributed by atoms with Crippen molar-refractivity contribution in [2.24, 2.45) is 11.8 Å². The number of rotatable bonds is 9. The first-order valence-electron chi connectivity index (χ1n) is 10.9. The van der Waals surface area contributed by atoms with Crippen LogP contribution in [0.2, 0.25) is 0 Å². The van der Waals surface area contributed by atoms with E-state index in [-0.39, 0.29) is 0 Å². The van der Waals surface area contributed by atoms with Gasteiger partial charge < -0.3 is 14.6 Å². The first-order chi connectivity index (χ1) is 15.4. The third-order valence-corrected chi connectivity index (χ3v) is 6.04. The first kappa shape index (κ1) is 23.6. The lowest BCUT2D eigenvalue weighted by molar-refractivity contribution is -0.150. The number of hydrogen-bond acceptors (Lipinski definition) is 7. The molecule has 0 aliphatic rings. The molecule has 7 nitrogen and oxygen atoms in total. The Morgan fingerprint density at radius 3 is 2.28 bits per heavy atom. The molecular weight excluding hydrogens is 408 g/mol. The number of hydrogen-bond donors (Lipinski definition) is 1. The average Bonchev–Trinajstić information content (AvgIpc) is 2.83. The van der Waals surface area contributed by atoms with E-state index in [0.29, 0.717) is 45.5 Å². The van der Waals surface area contributed by atoms with Crippen molar-refractivity contribution in [2.45, 2.75) is 45.6 Å². The van der Waals surface area contributed by atoms with Crippen LogP contribution < -0.4 is 0 Å². The number of aliphatic hydroxyl groups is 1. The van der Waals surface area contributed by atoms with Crippen LogP contribution in [0.3, 0.4) is 0 Å². The lowest BCUT2D eigenvalue weighted by Crippen LogP contribution is -2.24. The number of carbonyl (C=O) groups is 2. The quantitative estimate of drug-likeness (QED) is 0.385. The van der Waals surface area contributed by atoms with Gasteiger partial charge in [-0.2, -0.15) is 0 Å². The van der Waals surface area contributed by atoms with Crippen LogP contribution in [-0.2, 0) is 14.3 Å². The summed E-state index contributed by atoms with van der Waals surface area (Å²) >= 11 is 0. The number of nitrogens with zero attached hydrogens (tertiary/aromatic N) is 2. The molecule has 7 heteroatoms. The molecule has 3 unspecified atom stereocenters. The maximum atomic E-state index is 12.5. The van der Waals surface area contributed by atoms with E-state index in [9.17, 15) is 14.7 Å². The van der Waals surface area contributed by atoms with Crippen LogP contribution in [0.15, 0.2) is 36.4 Å². The summed E-state index contributed by atoms with van der Waals surface area (Å²) in [5, 5.41) is 11.2. The van der Waals surface area contributed by atoms with Crippen LogP contribution in [0.5, 0.6) is 0 Å². The minimum atomic E-state index is -1.08. The van der Waals surface area contributed by atoms with Gasteiger partial charge in [0.15, 0.2) is 0 Å². The van der Waals surface area contributed by atoms with Crippen molar-refractivity contribution in [2.75, 3.05) is 14.2 Å². The second kappa shape index (κ2) is 10.5. The molecule has 0 saturated carbocycles. The number of aliphatic hydroxyl groups excluding tert-OH is 1. The summed E-state index contributed by atoms with van der Waals surface area (Å²) in [7, 11) is 2.65. The molecule has 0 aliphatic carbocycles. The van der Waals surface area contributed by atoms with Crippen LogP contribution in [0.25, 0.3) is 22.1 Å². The predicted octanol–water partition coefficient (Wildman–Crippen LogP) is 4.61. The Hall–Kier alpha value is -3.06. The van der Waals surface area contributed by atoms with E-state index in [1.54, 1.807) is 36.4 Å². The van der Waals surface area contributed by atoms with Gasteiger partial charge in [-0.25, -0.2) is 14.8 Å². The molecule has 0 fully saturated rings. The molecule has 0 amide bonds. The van der Waals surface area contributed by atoms with Crippen LogP contribution in [0.1, 0.15) is 61.6 Å². The van der Waals surface area contributed by atoms with Crippen LogP contribution in [-0.4, -0.2) is 41.2 Å². The SMILES string of the molecule is CCC(C)CCCC(C(=O)OC)C(O)c1cccc2nc3c(C(=O)OC)cccc3nc12. The summed E-state index contributed by atoms with van der Waals surface area (Å²) in [4.78, 5) is 33.9. The molecule has 0 radical (unpaired) electrons. The molecule has 1 heterocycles. The zero-order valence-electron chi connectivity index (χ0n) is 19.0. The van der Waals surface area contributed by atoms with Gasteiger partial charge in [0, 0.05) is 5.56 Å². The molecule has 170 valence electrons. The number of fused-ring (bicyclic) bond motifs is 2. The van der Waals surface area contributed by atoms with Crippen molar-refractivity contribution >= 4 is 34.0 Å². The summed E-state index contributed by atoms with van der Waals surface area (Å²) in [5.41, 5.74) is 2.78. The Kier molecular flexibility index (Phi) is 7.75. The summed E-state index contributed by atoms with van der Waals surface area (Å²) < 4.78 is 9.84. The topological polar surface area (TPSA) is 98.6 Å². The minimum Gasteiger partial charge on any atom is -0.469 e. The smallest absolute Gasteiger partial charge is 0.340 e. The first-order valence-corrected chi connectivity index (χ1v) is 10.9. The predicted molar refractivity (Wildman–Crippen MR) is 122 cm³/mol. The number of carbonyl (C=O) groups excluding carboxylic acids is 2. The van der Waals surface area contributed by atoms with Gasteiger partial charge in [0.05, 0.1) is 48.4 Å². The highest BCUT2D eigenvalue weighted by atomic mass is 16.5. The van der Waals surface area contributed by atoms with E-state index in [1.165, 1.54) is 14.2 Å². The van der Waals surface area contributed by atoms with E-state index in [2.05, 4.69) is 23.8 Å². The highest BCUT2D eigenvalue weighted by molar-refractivity contribution is 6.03. The Morgan fingerprint density at radius 2 is 1.62 bits per heavy atom. The number of aromatic nitrogens is 2. The maximum Gasteiger partial charge on any atom is 0.340 e. The fourth-order valence-corrected chi connectivity index (χ4v) is 3.92. The average molecular weight is 439 g/mol. The zero-order chi connectivity index (χ0) is 23.3. The van der Waals surface area contributed by atoms with Crippen molar-refractivity contribution < 1.29 is 24.2 Å². The molecule has 32 heavy (non-hydrogen) atoms. The van der Waals surface area contributed by atoms with Gasteiger partial charge >= 0.3 is 11.9 Å². The highest BCUT2D eigenvalue weighted by Gasteiger charge is 2.30. The fraction of sp³-hybridized carbons (Fsp3) is 0.440. The van der Waals surface area contributed by atoms with Gasteiger partial charge in [-0.1, -0.05) is 51.3 Å². The Balaban J connectivity index is 2.03. The monoisotopic (exact) mass is 438 g/mol. The second-order valence-electron chi connectivity index (χ2n) is 8.12. The number of ether oxygens (including phenoxy) is 2. The molecule has 0 spiro atoms. The van der Waals surface area contributed by atoms with E-state index < -0.39 is 24.0 Å². The number of methoxy groups -OCH3 is 2. The molecule has 3 rings (SSSR count). The Bertz CT molecular complexity index is 1110. The second-order valence-corrected chi connectivity index (χ2v) is 8.12. The summed E-state index contributed by atoms with van der Waals surface area (Å²) in [6.07, 6.45) is 2.30. The van der Waals surface area contributed by atoms with Crippen LogP contribution >= 0.6 is 0 Å². The minimum absolute atomic E-state index is 0.322. The van der Waals surface area contributed by atoms with Crippen molar-refractivity contribution in [3.8, 4) is 0 Å². The molecule has 0 aliphatic heterocycles. The molecular formula is C25H30N2O5. The van der Waals surface area contributed by atoms with Gasteiger partial charge in [-0.3, -0.25) is 4.79 Å². The van der Waals surface area contributed by atoms with Gasteiger partial charge in [0.25, 0.3) is 0 Å². The normalized spacial score (nSPS) is 14.2. The number of para-hydroxylation sites is 2. The lowest BCUT2D eigenvalue weighted by atomic mass is 9.88. The molecule has 2 aromatic carbocycles. The van der Waals surface area contributed by atoms with E-state index in [1.807, 2.05) is 0 Å².